The molecular formula is C14H29N3O3. The molecule has 0 heterocycles. The van der Waals surface area contributed by atoms with Crippen molar-refractivity contribution < 1.29 is 14.7 Å². The molecule has 6 nitrogen and oxygen atoms in total. The number of aliphatic carboxylic acids is 1. The van der Waals surface area contributed by atoms with Crippen LogP contribution in [0.5, 0.6) is 0 Å². The summed E-state index contributed by atoms with van der Waals surface area (Å²) < 4.78 is 0. The molecule has 2 N–H and O–H groups in total. The largest absolute Gasteiger partial charge is 0.481 e. The monoisotopic (exact) mass is 287 g/mol. The molecule has 2 amide bonds. The van der Waals surface area contributed by atoms with Gasteiger partial charge in [0, 0.05) is 13.6 Å². The minimum Gasteiger partial charge on any atom is -0.481 e. The quantitative estimate of drug-likeness (QED) is 0.743. The molecule has 0 unspecified atom stereocenters. The molecular weight excluding hydrogens is 258 g/mol. The van der Waals surface area contributed by atoms with Crippen molar-refractivity contribution in [3.63, 3.8) is 0 Å². The van der Waals surface area contributed by atoms with Crippen LogP contribution >= 0.6 is 0 Å². The van der Waals surface area contributed by atoms with E-state index in [1.54, 1.807) is 39.6 Å². The summed E-state index contributed by atoms with van der Waals surface area (Å²) in [6, 6.07) is -0.247. The lowest BCUT2D eigenvalue weighted by Gasteiger charge is -2.39. The Morgan fingerprint density at radius 3 is 1.95 bits per heavy atom. The average molecular weight is 287 g/mol. The maximum absolute atomic E-state index is 12.1. The minimum atomic E-state index is -1.05. The lowest BCUT2D eigenvalue weighted by Crippen LogP contribution is -2.59. The molecule has 0 atom stereocenters. The van der Waals surface area contributed by atoms with E-state index in [9.17, 15) is 14.7 Å². The molecule has 0 aromatic heterocycles. The van der Waals surface area contributed by atoms with E-state index in [4.69, 9.17) is 0 Å². The van der Waals surface area contributed by atoms with Crippen LogP contribution in [0.4, 0.5) is 4.79 Å². The van der Waals surface area contributed by atoms with Gasteiger partial charge in [0.25, 0.3) is 0 Å². The third-order valence-electron chi connectivity index (χ3n) is 3.96. The highest BCUT2D eigenvalue weighted by molar-refractivity contribution is 5.79. The molecule has 0 rings (SSSR count). The summed E-state index contributed by atoms with van der Waals surface area (Å²) in [4.78, 5) is 27.1. The van der Waals surface area contributed by atoms with Crippen molar-refractivity contribution in [2.45, 2.75) is 39.7 Å². The number of carboxylic acids is 1. The highest BCUT2D eigenvalue weighted by Gasteiger charge is 2.44. The van der Waals surface area contributed by atoms with Gasteiger partial charge in [-0.2, -0.15) is 0 Å². The number of carboxylic acid groups (broad SMARTS) is 1. The van der Waals surface area contributed by atoms with Crippen molar-refractivity contribution in [1.29, 1.82) is 0 Å². The third kappa shape index (κ3) is 5.00. The molecule has 0 saturated heterocycles. The zero-order valence-electron chi connectivity index (χ0n) is 13.8. The summed E-state index contributed by atoms with van der Waals surface area (Å²) in [6.45, 7) is 8.22. The second-order valence-corrected chi connectivity index (χ2v) is 6.56. The molecule has 0 aliphatic heterocycles. The van der Waals surface area contributed by atoms with E-state index in [-0.39, 0.29) is 6.03 Å². The Hall–Kier alpha value is -1.30. The molecule has 118 valence electrons. The molecule has 0 aliphatic carbocycles. The number of hydrogen-bond donors (Lipinski definition) is 2. The summed E-state index contributed by atoms with van der Waals surface area (Å²) in [5.74, 6) is -0.932. The number of carbonyl (C=O) groups is 2. The Morgan fingerprint density at radius 2 is 1.55 bits per heavy atom. The van der Waals surface area contributed by atoms with Crippen molar-refractivity contribution >= 4 is 12.0 Å². The topological polar surface area (TPSA) is 72.9 Å². The molecule has 0 aliphatic rings. The van der Waals surface area contributed by atoms with Crippen LogP contribution in [-0.2, 0) is 4.79 Å². The third-order valence-corrected chi connectivity index (χ3v) is 3.96. The van der Waals surface area contributed by atoms with Crippen LogP contribution < -0.4 is 5.32 Å². The van der Waals surface area contributed by atoms with Crippen LogP contribution in [0.1, 0.15) is 34.1 Å². The van der Waals surface area contributed by atoms with E-state index in [1.165, 1.54) is 0 Å². The fourth-order valence-electron chi connectivity index (χ4n) is 1.51. The van der Waals surface area contributed by atoms with Gasteiger partial charge in [0.05, 0.1) is 11.0 Å². The van der Waals surface area contributed by atoms with E-state index in [0.29, 0.717) is 6.54 Å². The van der Waals surface area contributed by atoms with Crippen molar-refractivity contribution in [3.05, 3.63) is 0 Å². The number of carbonyl (C=O) groups excluding carboxylic acids is 1. The van der Waals surface area contributed by atoms with Gasteiger partial charge in [-0.3, -0.25) is 4.79 Å². The SMILES string of the molecule is CN(C)CCCN(C)C(=O)NC(C)(C)C(C)(C)C(=O)O. The van der Waals surface area contributed by atoms with Crippen molar-refractivity contribution in [2.24, 2.45) is 5.41 Å². The highest BCUT2D eigenvalue weighted by Crippen LogP contribution is 2.30. The molecule has 0 saturated carbocycles. The zero-order chi connectivity index (χ0) is 16.1. The average Bonchev–Trinajstić information content (AvgIpc) is 2.26. The smallest absolute Gasteiger partial charge is 0.317 e. The molecule has 0 radical (unpaired) electrons. The molecule has 0 spiro atoms. The summed E-state index contributed by atoms with van der Waals surface area (Å²) in [6.07, 6.45) is 0.875. The fraction of sp³-hybridized carbons (Fsp3) is 0.857. The van der Waals surface area contributed by atoms with E-state index in [2.05, 4.69) is 10.2 Å². The van der Waals surface area contributed by atoms with Crippen LogP contribution in [0, 0.1) is 5.41 Å². The lowest BCUT2D eigenvalue weighted by atomic mass is 9.74. The molecule has 20 heavy (non-hydrogen) atoms. The van der Waals surface area contributed by atoms with Gasteiger partial charge in [0.15, 0.2) is 0 Å². The van der Waals surface area contributed by atoms with E-state index in [0.717, 1.165) is 13.0 Å². The number of nitrogens with zero attached hydrogens (tertiary/aromatic N) is 2. The predicted molar refractivity (Wildman–Crippen MR) is 79.8 cm³/mol. The maximum Gasteiger partial charge on any atom is 0.317 e. The zero-order valence-corrected chi connectivity index (χ0v) is 13.8. The number of nitrogens with one attached hydrogen (secondary N) is 1. The van der Waals surface area contributed by atoms with E-state index >= 15 is 0 Å². The number of amides is 2. The summed E-state index contributed by atoms with van der Waals surface area (Å²) >= 11 is 0. The molecule has 0 aromatic carbocycles. The first-order valence-electron chi connectivity index (χ1n) is 6.83. The van der Waals surface area contributed by atoms with Crippen molar-refractivity contribution in [3.8, 4) is 0 Å². The summed E-state index contributed by atoms with van der Waals surface area (Å²) in [7, 11) is 5.69. The van der Waals surface area contributed by atoms with Crippen molar-refractivity contribution in [2.75, 3.05) is 34.2 Å². The Labute approximate surface area is 122 Å². The first kappa shape index (κ1) is 18.7. The van der Waals surface area contributed by atoms with Gasteiger partial charge < -0.3 is 20.2 Å². The Kier molecular flexibility index (Phi) is 6.47. The standard InChI is InChI=1S/C14H29N3O3/c1-13(2,11(18)19)14(3,4)15-12(20)17(7)10-8-9-16(5)6/h8-10H2,1-7H3,(H,15,20)(H,18,19). The first-order chi connectivity index (χ1) is 8.91. The summed E-state index contributed by atoms with van der Waals surface area (Å²) in [5, 5.41) is 12.1. The predicted octanol–water partition coefficient (Wildman–Crippen LogP) is 1.47. The van der Waals surface area contributed by atoms with Crippen LogP contribution in [0.2, 0.25) is 0 Å². The second-order valence-electron chi connectivity index (χ2n) is 6.56. The molecule has 0 bridgehead atoms. The number of urea groups is 1. The highest BCUT2D eigenvalue weighted by atomic mass is 16.4. The molecule has 0 aromatic rings. The van der Waals surface area contributed by atoms with Gasteiger partial charge in [-0.05, 0) is 54.8 Å². The Balaban J connectivity index is 4.55. The van der Waals surface area contributed by atoms with Gasteiger partial charge in [-0.1, -0.05) is 0 Å². The van der Waals surface area contributed by atoms with Gasteiger partial charge in [-0.25, -0.2) is 4.79 Å². The second kappa shape index (κ2) is 6.92. The van der Waals surface area contributed by atoms with Crippen LogP contribution in [0.15, 0.2) is 0 Å². The normalized spacial score (nSPS) is 12.4. The van der Waals surface area contributed by atoms with E-state index in [1.807, 2.05) is 14.1 Å². The minimum absolute atomic E-state index is 0.247. The fourth-order valence-corrected chi connectivity index (χ4v) is 1.51. The van der Waals surface area contributed by atoms with Crippen LogP contribution in [0.25, 0.3) is 0 Å². The maximum atomic E-state index is 12.1. The summed E-state index contributed by atoms with van der Waals surface area (Å²) in [5.41, 5.74) is -1.89. The number of hydrogen-bond acceptors (Lipinski definition) is 3. The van der Waals surface area contributed by atoms with Crippen LogP contribution in [0.3, 0.4) is 0 Å². The van der Waals surface area contributed by atoms with E-state index < -0.39 is 16.9 Å². The van der Waals surface area contributed by atoms with Gasteiger partial charge in [0.2, 0.25) is 0 Å². The van der Waals surface area contributed by atoms with Gasteiger partial charge in [-0.15, -0.1) is 0 Å². The van der Waals surface area contributed by atoms with Crippen molar-refractivity contribution in [1.82, 2.24) is 15.1 Å². The van der Waals surface area contributed by atoms with Gasteiger partial charge >= 0.3 is 12.0 Å². The first-order valence-corrected chi connectivity index (χ1v) is 6.83. The molecule has 0 fully saturated rings. The Morgan fingerprint density at radius 1 is 1.05 bits per heavy atom. The van der Waals surface area contributed by atoms with Crippen LogP contribution in [-0.4, -0.2) is 66.7 Å². The lowest BCUT2D eigenvalue weighted by molar-refractivity contribution is -0.150. The van der Waals surface area contributed by atoms with Gasteiger partial charge in [0.1, 0.15) is 0 Å². The Bertz CT molecular complexity index is 352. The molecule has 6 heteroatoms. The number of rotatable bonds is 7.